The summed E-state index contributed by atoms with van der Waals surface area (Å²) in [6, 6.07) is 12.9. The number of guanidine groups is 2. The Morgan fingerprint density at radius 1 is 1.10 bits per heavy atom. The number of fused-ring (bicyclic) bond motifs is 2. The minimum absolute atomic E-state index is 0.0820. The van der Waals surface area contributed by atoms with Crippen molar-refractivity contribution in [3.8, 4) is 5.75 Å². The van der Waals surface area contributed by atoms with Crippen molar-refractivity contribution in [3.63, 3.8) is 0 Å². The van der Waals surface area contributed by atoms with Crippen LogP contribution in [0.15, 0.2) is 52.4 Å². The van der Waals surface area contributed by atoms with E-state index in [0.717, 1.165) is 73.8 Å². The van der Waals surface area contributed by atoms with E-state index in [0.29, 0.717) is 31.3 Å². The van der Waals surface area contributed by atoms with E-state index in [-0.39, 0.29) is 30.5 Å². The van der Waals surface area contributed by atoms with E-state index in [9.17, 15) is 9.59 Å². The van der Waals surface area contributed by atoms with Crippen molar-refractivity contribution in [1.82, 2.24) is 20.9 Å². The van der Waals surface area contributed by atoms with Crippen molar-refractivity contribution in [2.75, 3.05) is 26.7 Å². The third kappa shape index (κ3) is 11.5. The average molecular weight is 599 g/mol. The number of urea groups is 2. The predicted octanol–water partition coefficient (Wildman–Crippen LogP) is 4.28. The molecule has 0 atom stereocenters. The number of carbonyl (C=O) groups is 2. The highest BCUT2D eigenvalue weighted by Gasteiger charge is 2.16. The van der Waals surface area contributed by atoms with Gasteiger partial charge in [-0.05, 0) is 55.0 Å². The Labute approximate surface area is 253 Å². The van der Waals surface area contributed by atoms with Crippen molar-refractivity contribution in [2.45, 2.75) is 64.5 Å². The Morgan fingerprint density at radius 3 is 2.67 bits per heavy atom. The van der Waals surface area contributed by atoms with Gasteiger partial charge in [0.05, 0.1) is 6.54 Å². The van der Waals surface area contributed by atoms with Gasteiger partial charge in [-0.3, -0.25) is 15.6 Å². The Kier molecular flexibility index (Phi) is 13.7. The number of carbonyl (C=O) groups excluding carboxylic acids is 2. The number of nitrogens with one attached hydrogen (secondary N) is 3. The molecule has 11 nitrogen and oxygen atoms in total. The summed E-state index contributed by atoms with van der Waals surface area (Å²) in [6.45, 7) is 2.47. The second-order valence-electron chi connectivity index (χ2n) is 10.1. The van der Waals surface area contributed by atoms with Gasteiger partial charge in [0, 0.05) is 37.3 Å². The summed E-state index contributed by atoms with van der Waals surface area (Å²) >= 11 is 6.32. The zero-order chi connectivity index (χ0) is 30.2. The lowest BCUT2D eigenvalue weighted by molar-refractivity contribution is 0.200. The molecule has 0 aromatic heterocycles. The van der Waals surface area contributed by atoms with Gasteiger partial charge in [-0.15, -0.1) is 0 Å². The van der Waals surface area contributed by atoms with Crippen molar-refractivity contribution in [2.24, 2.45) is 21.5 Å². The highest BCUT2D eigenvalue weighted by atomic mass is 35.5. The molecule has 0 aliphatic carbocycles. The quantitative estimate of drug-likeness (QED) is 0.165. The van der Waals surface area contributed by atoms with Gasteiger partial charge in [0.2, 0.25) is 0 Å². The van der Waals surface area contributed by atoms with E-state index < -0.39 is 0 Å². The summed E-state index contributed by atoms with van der Waals surface area (Å²) in [5.41, 5.74) is 14.8. The van der Waals surface area contributed by atoms with E-state index in [4.69, 9.17) is 27.8 Å². The molecule has 1 heterocycles. The number of para-hydroxylation sites is 1. The largest absolute Gasteiger partial charge is 0.489 e. The molecule has 0 saturated heterocycles. The summed E-state index contributed by atoms with van der Waals surface area (Å²) in [5, 5.41) is 8.31. The molecular weight excluding hydrogens is 556 g/mol. The second-order valence-corrected chi connectivity index (χ2v) is 10.6. The summed E-state index contributed by atoms with van der Waals surface area (Å²) in [7, 11) is 1.52. The molecule has 2 aromatic carbocycles. The first-order chi connectivity index (χ1) is 20.4. The number of benzene rings is 2. The molecule has 0 radical (unpaired) electrons. The molecule has 0 unspecified atom stereocenters. The van der Waals surface area contributed by atoms with E-state index in [1.165, 1.54) is 7.05 Å². The van der Waals surface area contributed by atoms with Gasteiger partial charge < -0.3 is 26.4 Å². The van der Waals surface area contributed by atoms with Crippen molar-refractivity contribution in [3.05, 3.63) is 64.2 Å². The van der Waals surface area contributed by atoms with Crippen LogP contribution in [0, 0.1) is 0 Å². The predicted molar refractivity (Wildman–Crippen MR) is 168 cm³/mol. The molecule has 1 aliphatic rings. The Balaban J connectivity index is 1.54. The summed E-state index contributed by atoms with van der Waals surface area (Å²) in [6.07, 6.45) is 7.45. The zero-order valence-electron chi connectivity index (χ0n) is 24.3. The maximum atomic E-state index is 13.1. The highest BCUT2D eigenvalue weighted by Crippen LogP contribution is 2.23. The molecule has 4 amide bonds. The van der Waals surface area contributed by atoms with Crippen LogP contribution in [-0.2, 0) is 19.6 Å². The topological polar surface area (TPSA) is 159 Å². The minimum Gasteiger partial charge on any atom is -0.489 e. The molecule has 2 aromatic rings. The number of nitrogens with two attached hydrogens (primary N) is 2. The molecular formula is C30H43ClN8O3. The second kappa shape index (κ2) is 17.7. The highest BCUT2D eigenvalue weighted by molar-refractivity contribution is 6.30. The number of aryl methyl sites for hydroxylation is 1. The number of hydrogen-bond donors (Lipinski definition) is 5. The SMILES string of the molecule is CNC(=O)NC(N)=NCCCCCCCCN1CCCc2cc(Cl)ccc2COc2ccccc2CN=C(N)NC1=O. The summed E-state index contributed by atoms with van der Waals surface area (Å²) in [5.74, 6) is 0.932. The summed E-state index contributed by atoms with van der Waals surface area (Å²) < 4.78 is 6.16. The number of nitrogens with zero attached hydrogens (tertiary/aromatic N) is 3. The fraction of sp³-hybridized carbons (Fsp3) is 0.467. The van der Waals surface area contributed by atoms with Crippen LogP contribution in [-0.4, -0.2) is 55.6 Å². The van der Waals surface area contributed by atoms with Gasteiger partial charge in [-0.2, -0.15) is 0 Å². The van der Waals surface area contributed by atoms with E-state index in [1.807, 2.05) is 47.4 Å². The molecule has 3 rings (SSSR count). The van der Waals surface area contributed by atoms with Crippen molar-refractivity contribution < 1.29 is 14.3 Å². The Hall–Kier alpha value is -3.99. The molecule has 228 valence electrons. The standard InChI is InChI=1S/C30H43ClN8O3/c1-34-29(40)37-27(32)35-16-8-4-2-3-5-9-17-39-18-10-12-22-19-25(31)15-14-24(22)21-42-26-13-7-6-11-23(26)20-36-28(33)38-30(39)41/h6-7,11,13-15,19H,2-5,8-10,12,16-18,20-21H2,1H3,(H3,33,36,38,41)(H4,32,34,35,37,40). The molecule has 0 bridgehead atoms. The van der Waals surface area contributed by atoms with Gasteiger partial charge in [-0.25, -0.2) is 14.6 Å². The smallest absolute Gasteiger partial charge is 0.324 e. The van der Waals surface area contributed by atoms with Crippen LogP contribution < -0.4 is 32.2 Å². The Morgan fingerprint density at radius 2 is 1.86 bits per heavy atom. The maximum Gasteiger partial charge on any atom is 0.324 e. The normalized spacial score (nSPS) is 14.7. The molecule has 12 heteroatoms. The van der Waals surface area contributed by atoms with Crippen LogP contribution in [0.1, 0.15) is 61.6 Å². The van der Waals surface area contributed by atoms with Gasteiger partial charge >= 0.3 is 12.1 Å². The first-order valence-corrected chi connectivity index (χ1v) is 14.9. The van der Waals surface area contributed by atoms with Crippen LogP contribution >= 0.6 is 11.6 Å². The van der Waals surface area contributed by atoms with Crippen LogP contribution in [0.3, 0.4) is 0 Å². The van der Waals surface area contributed by atoms with Gasteiger partial charge in [0.25, 0.3) is 0 Å². The monoisotopic (exact) mass is 598 g/mol. The maximum absolute atomic E-state index is 13.1. The molecule has 1 aliphatic heterocycles. The average Bonchev–Trinajstić information content (AvgIpc) is 2.97. The number of hydrogen-bond acceptors (Lipinski definition) is 6. The van der Waals surface area contributed by atoms with E-state index >= 15 is 0 Å². The number of ether oxygens (including phenoxy) is 1. The first-order valence-electron chi connectivity index (χ1n) is 14.5. The zero-order valence-corrected chi connectivity index (χ0v) is 25.1. The minimum atomic E-state index is -0.381. The number of rotatable bonds is 9. The van der Waals surface area contributed by atoms with Gasteiger partial charge in [0.1, 0.15) is 12.4 Å². The van der Waals surface area contributed by atoms with Gasteiger partial charge in [-0.1, -0.05) is 61.5 Å². The fourth-order valence-electron chi connectivity index (χ4n) is 4.61. The third-order valence-electron chi connectivity index (χ3n) is 6.93. The molecule has 42 heavy (non-hydrogen) atoms. The molecule has 0 spiro atoms. The lowest BCUT2D eigenvalue weighted by Crippen LogP contribution is -2.46. The van der Waals surface area contributed by atoms with Crippen LogP contribution in [0.2, 0.25) is 5.02 Å². The molecule has 7 N–H and O–H groups in total. The first kappa shape index (κ1) is 32.5. The van der Waals surface area contributed by atoms with Crippen molar-refractivity contribution in [1.29, 1.82) is 0 Å². The number of halogens is 1. The third-order valence-corrected chi connectivity index (χ3v) is 7.16. The van der Waals surface area contributed by atoms with Crippen LogP contribution in [0.25, 0.3) is 0 Å². The molecule has 0 fully saturated rings. The lowest BCUT2D eigenvalue weighted by atomic mass is 10.0. The fourth-order valence-corrected chi connectivity index (χ4v) is 4.81. The van der Waals surface area contributed by atoms with E-state index in [1.54, 1.807) is 0 Å². The number of aliphatic imine (C=N–C) groups is 2. The van der Waals surface area contributed by atoms with Crippen LogP contribution in [0.5, 0.6) is 5.75 Å². The Bertz CT molecular complexity index is 1240. The summed E-state index contributed by atoms with van der Waals surface area (Å²) in [4.78, 5) is 34.7. The van der Waals surface area contributed by atoms with Crippen LogP contribution in [0.4, 0.5) is 9.59 Å². The van der Waals surface area contributed by atoms with Gasteiger partial charge in [0.15, 0.2) is 11.9 Å². The number of amides is 4. The lowest BCUT2D eigenvalue weighted by Gasteiger charge is -2.23. The van der Waals surface area contributed by atoms with Crippen molar-refractivity contribution >= 4 is 35.6 Å². The van der Waals surface area contributed by atoms with E-state index in [2.05, 4.69) is 25.9 Å². The number of unbranched alkanes of at least 4 members (excludes halogenated alkanes) is 5. The molecule has 0 saturated carbocycles.